The SMILES string of the molecule is CN1CCN(C)C(c2nccc(CN)n2)C1. The second-order valence-electron chi connectivity index (χ2n) is 4.37. The summed E-state index contributed by atoms with van der Waals surface area (Å²) < 4.78 is 0. The van der Waals surface area contributed by atoms with Crippen LogP contribution in [0.15, 0.2) is 12.3 Å². The van der Waals surface area contributed by atoms with Gasteiger partial charge in [-0.3, -0.25) is 4.90 Å². The second-order valence-corrected chi connectivity index (χ2v) is 4.37. The zero-order valence-electron chi connectivity index (χ0n) is 9.93. The third-order valence-electron chi connectivity index (χ3n) is 3.09. The summed E-state index contributed by atoms with van der Waals surface area (Å²) in [5.74, 6) is 0.886. The van der Waals surface area contributed by atoms with Gasteiger partial charge in [0.25, 0.3) is 0 Å². The van der Waals surface area contributed by atoms with E-state index in [4.69, 9.17) is 5.73 Å². The van der Waals surface area contributed by atoms with Crippen LogP contribution in [0.2, 0.25) is 0 Å². The molecule has 2 rings (SSSR count). The Hall–Kier alpha value is -1.04. The van der Waals surface area contributed by atoms with Crippen LogP contribution < -0.4 is 5.73 Å². The minimum Gasteiger partial charge on any atom is -0.325 e. The van der Waals surface area contributed by atoms with E-state index in [1.54, 1.807) is 6.20 Å². The van der Waals surface area contributed by atoms with Crippen LogP contribution in [-0.4, -0.2) is 53.5 Å². The first kappa shape index (κ1) is 11.4. The molecule has 1 aromatic heterocycles. The molecule has 1 aromatic rings. The van der Waals surface area contributed by atoms with Gasteiger partial charge in [-0.25, -0.2) is 9.97 Å². The van der Waals surface area contributed by atoms with Crippen molar-refractivity contribution in [2.24, 2.45) is 5.73 Å². The predicted molar refractivity (Wildman–Crippen MR) is 62.8 cm³/mol. The van der Waals surface area contributed by atoms with Crippen molar-refractivity contribution in [1.82, 2.24) is 19.8 Å². The van der Waals surface area contributed by atoms with Crippen LogP contribution in [-0.2, 0) is 6.54 Å². The molecule has 0 spiro atoms. The number of aromatic nitrogens is 2. The number of hydrogen-bond donors (Lipinski definition) is 1. The van der Waals surface area contributed by atoms with Crippen LogP contribution in [0.4, 0.5) is 0 Å². The number of hydrogen-bond acceptors (Lipinski definition) is 5. The van der Waals surface area contributed by atoms with Gasteiger partial charge in [-0.15, -0.1) is 0 Å². The third-order valence-corrected chi connectivity index (χ3v) is 3.09. The Morgan fingerprint density at radius 1 is 1.44 bits per heavy atom. The van der Waals surface area contributed by atoms with Gasteiger partial charge in [0.05, 0.1) is 11.7 Å². The zero-order valence-corrected chi connectivity index (χ0v) is 9.93. The number of likely N-dealkylation sites (N-methyl/N-ethyl adjacent to an activating group) is 2. The monoisotopic (exact) mass is 221 g/mol. The summed E-state index contributed by atoms with van der Waals surface area (Å²) in [5.41, 5.74) is 6.50. The fourth-order valence-corrected chi connectivity index (χ4v) is 1.98. The standard InChI is InChI=1S/C11H19N5/c1-15-5-6-16(2)10(8-15)11-13-4-3-9(7-12)14-11/h3-4,10H,5-8,12H2,1-2H3. The van der Waals surface area contributed by atoms with E-state index in [0.717, 1.165) is 31.2 Å². The summed E-state index contributed by atoms with van der Waals surface area (Å²) in [4.78, 5) is 13.5. The highest BCUT2D eigenvalue weighted by Gasteiger charge is 2.25. The molecule has 5 heteroatoms. The van der Waals surface area contributed by atoms with Gasteiger partial charge in [0, 0.05) is 32.4 Å². The molecule has 2 N–H and O–H groups in total. The lowest BCUT2D eigenvalue weighted by Crippen LogP contribution is -2.45. The fraction of sp³-hybridized carbons (Fsp3) is 0.636. The van der Waals surface area contributed by atoms with Gasteiger partial charge in [0.2, 0.25) is 0 Å². The van der Waals surface area contributed by atoms with E-state index in [1.165, 1.54) is 0 Å². The average Bonchev–Trinajstić information content (AvgIpc) is 2.32. The average molecular weight is 221 g/mol. The van der Waals surface area contributed by atoms with Crippen molar-refractivity contribution in [3.05, 3.63) is 23.8 Å². The minimum absolute atomic E-state index is 0.283. The number of nitrogens with two attached hydrogens (primary N) is 1. The highest BCUT2D eigenvalue weighted by molar-refractivity contribution is 5.06. The van der Waals surface area contributed by atoms with Crippen LogP contribution in [0.5, 0.6) is 0 Å². The minimum atomic E-state index is 0.283. The second kappa shape index (κ2) is 4.86. The summed E-state index contributed by atoms with van der Waals surface area (Å²) in [7, 11) is 4.25. The lowest BCUT2D eigenvalue weighted by Gasteiger charge is -2.36. The Kier molecular flexibility index (Phi) is 3.48. The van der Waals surface area contributed by atoms with Gasteiger partial charge in [-0.05, 0) is 20.2 Å². The number of rotatable bonds is 2. The highest BCUT2D eigenvalue weighted by atomic mass is 15.3. The van der Waals surface area contributed by atoms with Gasteiger partial charge in [0.15, 0.2) is 0 Å². The molecule has 1 aliphatic heterocycles. The van der Waals surface area contributed by atoms with Crippen molar-refractivity contribution in [3.63, 3.8) is 0 Å². The Labute approximate surface area is 96.3 Å². The zero-order chi connectivity index (χ0) is 11.5. The van der Waals surface area contributed by atoms with Crippen LogP contribution >= 0.6 is 0 Å². The van der Waals surface area contributed by atoms with E-state index >= 15 is 0 Å². The summed E-state index contributed by atoms with van der Waals surface area (Å²) >= 11 is 0. The Balaban J connectivity index is 2.20. The van der Waals surface area contributed by atoms with E-state index in [2.05, 4.69) is 33.9 Å². The topological polar surface area (TPSA) is 58.3 Å². The molecule has 88 valence electrons. The molecular weight excluding hydrogens is 202 g/mol. The first-order valence-corrected chi connectivity index (χ1v) is 5.61. The molecule has 5 nitrogen and oxygen atoms in total. The molecule has 0 radical (unpaired) electrons. The molecule has 0 aromatic carbocycles. The van der Waals surface area contributed by atoms with Gasteiger partial charge < -0.3 is 10.6 Å². The van der Waals surface area contributed by atoms with Gasteiger partial charge in [-0.1, -0.05) is 0 Å². The largest absolute Gasteiger partial charge is 0.325 e. The van der Waals surface area contributed by atoms with Crippen LogP contribution in [0.1, 0.15) is 17.6 Å². The van der Waals surface area contributed by atoms with Crippen molar-refractivity contribution in [2.75, 3.05) is 33.7 Å². The van der Waals surface area contributed by atoms with Crippen molar-refractivity contribution in [1.29, 1.82) is 0 Å². The molecule has 1 aliphatic rings. The van der Waals surface area contributed by atoms with Gasteiger partial charge in [0.1, 0.15) is 5.82 Å². The molecule has 1 atom stereocenters. The molecule has 0 aliphatic carbocycles. The summed E-state index contributed by atoms with van der Waals surface area (Å²) in [6.45, 7) is 3.60. The van der Waals surface area contributed by atoms with E-state index < -0.39 is 0 Å². The molecule has 2 heterocycles. The van der Waals surface area contributed by atoms with Gasteiger partial charge in [-0.2, -0.15) is 0 Å². The Morgan fingerprint density at radius 3 is 3.00 bits per heavy atom. The molecule has 0 amide bonds. The first-order valence-electron chi connectivity index (χ1n) is 5.61. The molecule has 1 saturated heterocycles. The van der Waals surface area contributed by atoms with E-state index in [9.17, 15) is 0 Å². The van der Waals surface area contributed by atoms with E-state index in [1.807, 2.05) is 6.07 Å². The molecular formula is C11H19N5. The normalized spacial score (nSPS) is 23.6. The quantitative estimate of drug-likeness (QED) is 0.753. The van der Waals surface area contributed by atoms with Crippen LogP contribution in [0.3, 0.4) is 0 Å². The van der Waals surface area contributed by atoms with Crippen LogP contribution in [0.25, 0.3) is 0 Å². The number of piperazine rings is 1. The lowest BCUT2D eigenvalue weighted by atomic mass is 10.1. The maximum absolute atomic E-state index is 5.60. The third kappa shape index (κ3) is 2.37. The van der Waals surface area contributed by atoms with E-state index in [0.29, 0.717) is 6.54 Å². The summed E-state index contributed by atoms with van der Waals surface area (Å²) in [6.07, 6.45) is 1.80. The smallest absolute Gasteiger partial charge is 0.146 e. The Bertz CT molecular complexity index is 354. The van der Waals surface area contributed by atoms with Crippen LogP contribution in [0, 0.1) is 0 Å². The predicted octanol–water partition coefficient (Wildman–Crippen LogP) is -0.146. The maximum Gasteiger partial charge on any atom is 0.146 e. The summed E-state index contributed by atoms with van der Waals surface area (Å²) in [6, 6.07) is 2.15. The molecule has 1 unspecified atom stereocenters. The fourth-order valence-electron chi connectivity index (χ4n) is 1.98. The van der Waals surface area contributed by atoms with Crippen molar-refractivity contribution >= 4 is 0 Å². The van der Waals surface area contributed by atoms with Crippen molar-refractivity contribution in [3.8, 4) is 0 Å². The lowest BCUT2D eigenvalue weighted by molar-refractivity contribution is 0.109. The molecule has 0 saturated carbocycles. The number of nitrogens with zero attached hydrogens (tertiary/aromatic N) is 4. The maximum atomic E-state index is 5.60. The Morgan fingerprint density at radius 2 is 2.25 bits per heavy atom. The molecule has 1 fully saturated rings. The highest BCUT2D eigenvalue weighted by Crippen LogP contribution is 2.19. The first-order chi connectivity index (χ1) is 7.70. The van der Waals surface area contributed by atoms with Gasteiger partial charge >= 0.3 is 0 Å². The summed E-state index contributed by atoms with van der Waals surface area (Å²) in [5, 5.41) is 0. The van der Waals surface area contributed by atoms with Crippen molar-refractivity contribution < 1.29 is 0 Å². The molecule has 16 heavy (non-hydrogen) atoms. The van der Waals surface area contributed by atoms with Crippen molar-refractivity contribution in [2.45, 2.75) is 12.6 Å². The van der Waals surface area contributed by atoms with E-state index in [-0.39, 0.29) is 6.04 Å². The molecule has 0 bridgehead atoms.